The van der Waals surface area contributed by atoms with Crippen LogP contribution in [0, 0.1) is 12.7 Å². The summed E-state index contributed by atoms with van der Waals surface area (Å²) in [5.41, 5.74) is 1.94. The Morgan fingerprint density at radius 2 is 2.04 bits per heavy atom. The highest BCUT2D eigenvalue weighted by atomic mass is 35.5. The molecule has 0 fully saturated rings. The number of aromatic nitrogens is 2. The van der Waals surface area contributed by atoms with Gasteiger partial charge < -0.3 is 9.15 Å². The summed E-state index contributed by atoms with van der Waals surface area (Å²) < 4.78 is 24.2. The molecule has 3 aromatic rings. The first-order valence-corrected chi connectivity index (χ1v) is 7.88. The lowest BCUT2D eigenvalue weighted by Crippen LogP contribution is -2.09. The van der Waals surface area contributed by atoms with Crippen LogP contribution in [0.3, 0.4) is 0 Å². The second kappa shape index (κ2) is 7.44. The minimum Gasteiger partial charge on any atom is -0.455 e. The number of nitrogens with zero attached hydrogens (tertiary/aromatic N) is 2. The van der Waals surface area contributed by atoms with Gasteiger partial charge >= 0.3 is 5.97 Å². The van der Waals surface area contributed by atoms with Crippen LogP contribution < -0.4 is 0 Å². The largest absolute Gasteiger partial charge is 0.455 e. The van der Waals surface area contributed by atoms with Crippen LogP contribution in [0.5, 0.6) is 0 Å². The number of hydrogen-bond donors (Lipinski definition) is 0. The molecule has 0 bridgehead atoms. The van der Waals surface area contributed by atoms with Crippen molar-refractivity contribution in [1.82, 2.24) is 10.2 Å². The lowest BCUT2D eigenvalue weighted by Gasteiger charge is -2.05. The van der Waals surface area contributed by atoms with Crippen molar-refractivity contribution >= 4 is 17.6 Å². The summed E-state index contributed by atoms with van der Waals surface area (Å²) in [5.74, 6) is -0.692. The van der Waals surface area contributed by atoms with E-state index >= 15 is 0 Å². The maximum atomic E-state index is 13.7. The molecule has 0 saturated heterocycles. The normalized spacial score (nSPS) is 10.7. The average molecular weight is 361 g/mol. The van der Waals surface area contributed by atoms with E-state index in [1.807, 2.05) is 31.2 Å². The maximum Gasteiger partial charge on any atom is 0.310 e. The van der Waals surface area contributed by atoms with Crippen LogP contribution in [0.4, 0.5) is 4.39 Å². The van der Waals surface area contributed by atoms with Gasteiger partial charge in [0.2, 0.25) is 5.89 Å². The summed E-state index contributed by atoms with van der Waals surface area (Å²) in [4.78, 5) is 11.9. The lowest BCUT2D eigenvalue weighted by molar-refractivity contribution is -0.144. The van der Waals surface area contributed by atoms with E-state index in [0.717, 1.165) is 11.1 Å². The number of hydrogen-bond acceptors (Lipinski definition) is 5. The molecule has 1 heterocycles. The monoisotopic (exact) mass is 360 g/mol. The van der Waals surface area contributed by atoms with Gasteiger partial charge in [-0.15, -0.1) is 10.2 Å². The Balaban J connectivity index is 1.61. The van der Waals surface area contributed by atoms with E-state index in [0.29, 0.717) is 5.89 Å². The first kappa shape index (κ1) is 17.1. The van der Waals surface area contributed by atoms with Crippen molar-refractivity contribution < 1.29 is 18.3 Å². The fraction of sp³-hybridized carbons (Fsp3) is 0.167. The van der Waals surface area contributed by atoms with Crippen molar-refractivity contribution in [2.24, 2.45) is 0 Å². The van der Waals surface area contributed by atoms with Gasteiger partial charge in [0.25, 0.3) is 5.89 Å². The molecule has 0 spiro atoms. The average Bonchev–Trinajstić information content (AvgIpc) is 3.06. The van der Waals surface area contributed by atoms with Gasteiger partial charge in [-0.2, -0.15) is 0 Å². The predicted octanol–water partition coefficient (Wildman–Crippen LogP) is 4.12. The summed E-state index contributed by atoms with van der Waals surface area (Å²) in [6.07, 6.45) is -0.273. The molecule has 1 aromatic heterocycles. The van der Waals surface area contributed by atoms with Crippen LogP contribution in [-0.4, -0.2) is 16.2 Å². The molecule has 2 aromatic carbocycles. The zero-order chi connectivity index (χ0) is 17.8. The Morgan fingerprint density at radius 1 is 1.24 bits per heavy atom. The van der Waals surface area contributed by atoms with Crippen molar-refractivity contribution in [3.63, 3.8) is 0 Å². The maximum absolute atomic E-state index is 13.7. The lowest BCUT2D eigenvalue weighted by atomic mass is 10.1. The Labute approximate surface area is 148 Å². The van der Waals surface area contributed by atoms with Crippen LogP contribution in [0.2, 0.25) is 5.02 Å². The van der Waals surface area contributed by atoms with Gasteiger partial charge in [-0.25, -0.2) is 4.39 Å². The van der Waals surface area contributed by atoms with Gasteiger partial charge in [0.15, 0.2) is 6.61 Å². The van der Waals surface area contributed by atoms with Crippen LogP contribution in [0.1, 0.15) is 17.0 Å². The second-order valence-corrected chi connectivity index (χ2v) is 5.82. The molecular formula is C18H14ClFN2O3. The first-order valence-electron chi connectivity index (χ1n) is 7.51. The van der Waals surface area contributed by atoms with Gasteiger partial charge in [0, 0.05) is 16.1 Å². The number of aryl methyl sites for hydroxylation is 1. The fourth-order valence-electron chi connectivity index (χ4n) is 2.25. The van der Waals surface area contributed by atoms with E-state index in [4.69, 9.17) is 20.8 Å². The predicted molar refractivity (Wildman–Crippen MR) is 89.4 cm³/mol. The van der Waals surface area contributed by atoms with E-state index < -0.39 is 11.8 Å². The molecule has 0 radical (unpaired) electrons. The van der Waals surface area contributed by atoms with Crippen molar-refractivity contribution in [1.29, 1.82) is 0 Å². The Kier molecular flexibility index (Phi) is 5.09. The number of esters is 1. The van der Waals surface area contributed by atoms with E-state index in [1.54, 1.807) is 0 Å². The standard InChI is InChI=1S/C18H14ClFN2O3/c1-11-4-2-5-12(8-11)18-22-21-16(25-18)10-24-17(23)9-13-14(19)6-3-7-15(13)20/h2-8H,9-10H2,1H3. The fourth-order valence-corrected chi connectivity index (χ4v) is 2.48. The Hall–Kier alpha value is -2.73. The number of carbonyl (C=O) groups is 1. The molecule has 0 N–H and O–H groups in total. The molecular weight excluding hydrogens is 347 g/mol. The highest BCUT2D eigenvalue weighted by molar-refractivity contribution is 6.31. The van der Waals surface area contributed by atoms with E-state index in [1.165, 1.54) is 18.2 Å². The smallest absolute Gasteiger partial charge is 0.310 e. The molecule has 25 heavy (non-hydrogen) atoms. The highest BCUT2D eigenvalue weighted by Gasteiger charge is 2.15. The number of benzene rings is 2. The molecule has 7 heteroatoms. The molecule has 0 aliphatic heterocycles. The quantitative estimate of drug-likeness (QED) is 0.640. The molecule has 0 aliphatic carbocycles. The summed E-state index contributed by atoms with van der Waals surface area (Å²) in [6.45, 7) is 1.76. The summed E-state index contributed by atoms with van der Waals surface area (Å²) in [7, 11) is 0. The molecule has 0 saturated carbocycles. The van der Waals surface area contributed by atoms with E-state index in [-0.39, 0.29) is 29.5 Å². The Morgan fingerprint density at radius 3 is 2.80 bits per heavy atom. The van der Waals surface area contributed by atoms with E-state index in [9.17, 15) is 9.18 Å². The number of rotatable bonds is 5. The zero-order valence-corrected chi connectivity index (χ0v) is 14.1. The molecule has 0 atom stereocenters. The molecule has 0 aliphatic rings. The van der Waals surface area contributed by atoms with Crippen LogP contribution in [0.25, 0.3) is 11.5 Å². The van der Waals surface area contributed by atoms with Gasteiger partial charge in [0.05, 0.1) is 6.42 Å². The molecule has 0 unspecified atom stereocenters. The number of carbonyl (C=O) groups excluding carboxylic acids is 1. The van der Waals surface area contributed by atoms with Crippen molar-refractivity contribution in [2.45, 2.75) is 20.0 Å². The van der Waals surface area contributed by atoms with Gasteiger partial charge in [-0.3, -0.25) is 4.79 Å². The third-order valence-electron chi connectivity index (χ3n) is 3.47. The van der Waals surface area contributed by atoms with Gasteiger partial charge in [-0.1, -0.05) is 35.4 Å². The van der Waals surface area contributed by atoms with E-state index in [2.05, 4.69) is 10.2 Å². The van der Waals surface area contributed by atoms with Crippen molar-refractivity contribution in [3.05, 3.63) is 70.3 Å². The van der Waals surface area contributed by atoms with Crippen LogP contribution >= 0.6 is 11.6 Å². The topological polar surface area (TPSA) is 65.2 Å². The Bertz CT molecular complexity index is 891. The third kappa shape index (κ3) is 4.22. The van der Waals surface area contributed by atoms with Gasteiger partial charge in [-0.05, 0) is 31.2 Å². The molecule has 128 valence electrons. The van der Waals surface area contributed by atoms with Crippen LogP contribution in [-0.2, 0) is 22.6 Å². The third-order valence-corrected chi connectivity index (χ3v) is 3.83. The van der Waals surface area contributed by atoms with Crippen molar-refractivity contribution in [2.75, 3.05) is 0 Å². The number of ether oxygens (including phenoxy) is 1. The number of halogens is 2. The summed E-state index contributed by atoms with van der Waals surface area (Å²) in [6, 6.07) is 11.8. The van der Waals surface area contributed by atoms with Crippen LogP contribution in [0.15, 0.2) is 46.9 Å². The minimum atomic E-state index is -0.637. The molecule has 5 nitrogen and oxygen atoms in total. The zero-order valence-electron chi connectivity index (χ0n) is 13.3. The molecule has 3 rings (SSSR count). The highest BCUT2D eigenvalue weighted by Crippen LogP contribution is 2.21. The molecule has 0 amide bonds. The first-order chi connectivity index (χ1) is 12.0. The second-order valence-electron chi connectivity index (χ2n) is 5.41. The SMILES string of the molecule is Cc1cccc(-c2nnc(COC(=O)Cc3c(F)cccc3Cl)o2)c1. The minimum absolute atomic E-state index is 0.0974. The van der Waals surface area contributed by atoms with Crippen molar-refractivity contribution in [3.8, 4) is 11.5 Å². The summed E-state index contributed by atoms with van der Waals surface area (Å²) >= 11 is 5.89. The van der Waals surface area contributed by atoms with Gasteiger partial charge in [0.1, 0.15) is 5.82 Å². The summed E-state index contributed by atoms with van der Waals surface area (Å²) in [5, 5.41) is 7.95.